The molecule has 4 heterocycles. The van der Waals surface area contributed by atoms with E-state index < -0.39 is 5.82 Å². The second-order valence-corrected chi connectivity index (χ2v) is 9.46. The van der Waals surface area contributed by atoms with Crippen molar-refractivity contribution in [1.29, 1.82) is 5.26 Å². The molecule has 0 saturated carbocycles. The summed E-state index contributed by atoms with van der Waals surface area (Å²) in [6.45, 7) is 2.48. The minimum absolute atomic E-state index is 0.236. The summed E-state index contributed by atoms with van der Waals surface area (Å²) in [6.07, 6.45) is 5.76. The molecule has 9 nitrogen and oxygen atoms in total. The van der Waals surface area contributed by atoms with E-state index in [4.69, 9.17) is 11.6 Å². The van der Waals surface area contributed by atoms with E-state index in [1.165, 1.54) is 24.0 Å². The lowest BCUT2D eigenvalue weighted by atomic mass is 9.96. The lowest BCUT2D eigenvalue weighted by Gasteiger charge is -2.24. The predicted octanol–water partition coefficient (Wildman–Crippen LogP) is 4.92. The van der Waals surface area contributed by atoms with Gasteiger partial charge in [0.05, 0.1) is 51.1 Å². The Labute approximate surface area is 223 Å². The highest BCUT2D eigenvalue weighted by Gasteiger charge is 2.26. The topological polar surface area (TPSA) is 122 Å². The van der Waals surface area contributed by atoms with Crippen molar-refractivity contribution in [3.8, 4) is 6.07 Å². The highest BCUT2D eigenvalue weighted by atomic mass is 35.5. The first-order valence-corrected chi connectivity index (χ1v) is 12.4. The first kappa shape index (κ1) is 23.8. The molecule has 4 aromatic rings. The minimum Gasteiger partial charge on any atom is -0.384 e. The molecule has 6 N–H and O–H groups in total. The number of hydrazine groups is 2. The summed E-state index contributed by atoms with van der Waals surface area (Å²) >= 11 is 6.71. The highest BCUT2D eigenvalue weighted by molar-refractivity contribution is 6.36. The maximum absolute atomic E-state index is 14.2. The molecule has 0 spiro atoms. The summed E-state index contributed by atoms with van der Waals surface area (Å²) in [7, 11) is 0. The van der Waals surface area contributed by atoms with Crippen molar-refractivity contribution in [2.75, 3.05) is 22.5 Å². The molecule has 0 fully saturated rings. The van der Waals surface area contributed by atoms with E-state index in [0.29, 0.717) is 32.9 Å². The molecule has 0 amide bonds. The van der Waals surface area contributed by atoms with E-state index in [0.717, 1.165) is 35.6 Å². The summed E-state index contributed by atoms with van der Waals surface area (Å²) in [6, 6.07) is 13.2. The fourth-order valence-electron chi connectivity index (χ4n) is 4.83. The van der Waals surface area contributed by atoms with Crippen molar-refractivity contribution < 1.29 is 4.39 Å². The van der Waals surface area contributed by atoms with Gasteiger partial charge in [0, 0.05) is 41.8 Å². The zero-order valence-electron chi connectivity index (χ0n) is 20.3. The Bertz CT molecular complexity index is 1650. The van der Waals surface area contributed by atoms with E-state index in [1.807, 2.05) is 24.4 Å². The summed E-state index contributed by atoms with van der Waals surface area (Å²) in [5, 5.41) is 21.0. The number of aryl methyl sites for hydroxylation is 1. The van der Waals surface area contributed by atoms with Crippen LogP contribution in [-0.2, 0) is 6.42 Å². The van der Waals surface area contributed by atoms with Crippen molar-refractivity contribution >= 4 is 45.3 Å². The van der Waals surface area contributed by atoms with Crippen LogP contribution < -0.4 is 32.3 Å². The second-order valence-electron chi connectivity index (χ2n) is 9.05. The number of pyridine rings is 2. The summed E-state index contributed by atoms with van der Waals surface area (Å²) < 4.78 is 14.2. The van der Waals surface area contributed by atoms with E-state index >= 15 is 0 Å². The number of fused-ring (bicyclic) bond motifs is 2. The molecule has 0 unspecified atom stereocenters. The van der Waals surface area contributed by atoms with Crippen molar-refractivity contribution in [2.24, 2.45) is 0 Å². The van der Waals surface area contributed by atoms with Gasteiger partial charge >= 0.3 is 0 Å². The number of aromatic nitrogens is 2. The number of nitrogens with zero attached hydrogens (tertiary/aromatic N) is 3. The monoisotopic (exact) mass is 527 g/mol. The zero-order chi connectivity index (χ0) is 26.2. The average Bonchev–Trinajstić information content (AvgIpc) is 3.62. The molecule has 38 heavy (non-hydrogen) atoms. The SMILES string of the molecule is Cc1ncc(Nc2c(C#N)cnc3c(Cl)cc(N[C@H](C4=CNNN4)c4cccc5c4CCN5)cc23)cc1F. The standard InChI is InChI=1S/C27H23ClFN9/c1-14-22(29)9-17(12-32-14)36-25-15(10-30)11-33-26-20(25)7-16(8-21(26)28)35-27(24-13-34-38-37-24)19-3-2-4-23-18(19)5-6-31-23/h2-4,7-9,11-13,27,31,34-35,37-38H,5-6H2,1H3,(H,33,36)/t27-/m0/s1. The molecule has 0 bridgehead atoms. The highest BCUT2D eigenvalue weighted by Crippen LogP contribution is 2.38. The smallest absolute Gasteiger partial charge is 0.146 e. The summed E-state index contributed by atoms with van der Waals surface area (Å²) in [5.74, 6) is -0.445. The first-order chi connectivity index (χ1) is 18.5. The van der Waals surface area contributed by atoms with Crippen molar-refractivity contribution in [2.45, 2.75) is 19.4 Å². The van der Waals surface area contributed by atoms with Gasteiger partial charge in [-0.1, -0.05) is 23.7 Å². The van der Waals surface area contributed by atoms with Gasteiger partial charge < -0.3 is 26.8 Å². The number of nitriles is 1. The molecule has 2 aromatic carbocycles. The van der Waals surface area contributed by atoms with Crippen LogP contribution in [0.3, 0.4) is 0 Å². The number of benzene rings is 2. The zero-order valence-corrected chi connectivity index (χ0v) is 21.0. The van der Waals surface area contributed by atoms with Crippen LogP contribution in [0.5, 0.6) is 0 Å². The Kier molecular flexibility index (Phi) is 6.07. The quantitative estimate of drug-likeness (QED) is 0.207. The van der Waals surface area contributed by atoms with E-state index in [-0.39, 0.29) is 11.7 Å². The van der Waals surface area contributed by atoms with Gasteiger partial charge in [-0.2, -0.15) is 10.8 Å². The second kappa shape index (κ2) is 9.70. The molecule has 2 aliphatic heterocycles. The van der Waals surface area contributed by atoms with Crippen LogP contribution in [0.4, 0.5) is 27.1 Å². The summed E-state index contributed by atoms with van der Waals surface area (Å²) in [4.78, 5) is 8.51. The number of hydrogen-bond acceptors (Lipinski definition) is 9. The Balaban J connectivity index is 1.45. The molecule has 11 heteroatoms. The van der Waals surface area contributed by atoms with Gasteiger partial charge in [-0.25, -0.2) is 4.39 Å². The molecule has 0 aliphatic carbocycles. The number of anilines is 4. The molecule has 0 saturated heterocycles. The van der Waals surface area contributed by atoms with E-state index in [1.54, 1.807) is 6.92 Å². The third-order valence-corrected chi connectivity index (χ3v) is 6.97. The van der Waals surface area contributed by atoms with Gasteiger partial charge in [-0.3, -0.25) is 9.97 Å². The van der Waals surface area contributed by atoms with Crippen LogP contribution in [0.2, 0.25) is 5.02 Å². The molecule has 190 valence electrons. The van der Waals surface area contributed by atoms with Gasteiger partial charge in [0.2, 0.25) is 0 Å². The van der Waals surface area contributed by atoms with Gasteiger partial charge in [-0.05, 0) is 42.7 Å². The molecular formula is C27H23ClFN9. The van der Waals surface area contributed by atoms with Crippen LogP contribution in [0.1, 0.15) is 28.4 Å². The first-order valence-electron chi connectivity index (χ1n) is 12.0. The number of hydrogen-bond donors (Lipinski definition) is 6. The Morgan fingerprint density at radius 3 is 2.84 bits per heavy atom. The Morgan fingerprint density at radius 1 is 1.16 bits per heavy atom. The van der Waals surface area contributed by atoms with E-state index in [9.17, 15) is 9.65 Å². The lowest BCUT2D eigenvalue weighted by molar-refractivity contribution is 0.583. The predicted molar refractivity (Wildman–Crippen MR) is 146 cm³/mol. The fraction of sp³-hybridized carbons (Fsp3) is 0.148. The number of rotatable bonds is 6. The van der Waals surface area contributed by atoms with Crippen LogP contribution in [0, 0.1) is 24.1 Å². The van der Waals surface area contributed by atoms with Crippen molar-refractivity contribution in [3.63, 3.8) is 0 Å². The van der Waals surface area contributed by atoms with Crippen LogP contribution in [0.25, 0.3) is 10.9 Å². The molecular weight excluding hydrogens is 505 g/mol. The minimum atomic E-state index is -0.445. The maximum Gasteiger partial charge on any atom is 0.146 e. The normalized spacial score (nSPS) is 14.5. The largest absolute Gasteiger partial charge is 0.384 e. The van der Waals surface area contributed by atoms with E-state index in [2.05, 4.69) is 60.5 Å². The Morgan fingerprint density at radius 2 is 2.05 bits per heavy atom. The molecule has 2 aromatic heterocycles. The van der Waals surface area contributed by atoms with Gasteiger partial charge in [0.15, 0.2) is 0 Å². The maximum atomic E-state index is 14.2. The van der Waals surface area contributed by atoms with Crippen molar-refractivity contribution in [3.05, 3.63) is 93.9 Å². The molecule has 1 atom stereocenters. The van der Waals surface area contributed by atoms with Crippen LogP contribution >= 0.6 is 11.6 Å². The summed E-state index contributed by atoms with van der Waals surface area (Å²) in [5.41, 5.74) is 16.1. The van der Waals surface area contributed by atoms with Crippen molar-refractivity contribution in [1.82, 2.24) is 26.4 Å². The molecule has 0 radical (unpaired) electrons. The van der Waals surface area contributed by atoms with Crippen LogP contribution in [-0.4, -0.2) is 16.5 Å². The molecule has 6 rings (SSSR count). The third-order valence-electron chi connectivity index (χ3n) is 6.68. The lowest BCUT2D eigenvalue weighted by Crippen LogP contribution is -2.34. The fourth-order valence-corrected chi connectivity index (χ4v) is 5.09. The number of nitrogens with one attached hydrogen (secondary N) is 6. The van der Waals surface area contributed by atoms with Gasteiger partial charge in [-0.15, -0.1) is 0 Å². The van der Waals surface area contributed by atoms with Gasteiger partial charge in [0.1, 0.15) is 11.9 Å². The van der Waals surface area contributed by atoms with Gasteiger partial charge in [0.25, 0.3) is 0 Å². The molecule has 2 aliphatic rings. The Hall–Kier alpha value is -4.59. The number of halogens is 2. The van der Waals surface area contributed by atoms with Crippen LogP contribution in [0.15, 0.2) is 60.7 Å². The third kappa shape index (κ3) is 4.28. The average molecular weight is 528 g/mol.